The molecule has 10 nitrogen and oxygen atoms in total. The number of hydrogen-bond acceptors (Lipinski definition) is 8. The van der Waals surface area contributed by atoms with Gasteiger partial charge in [0, 0.05) is 13.1 Å². The Labute approximate surface area is 181 Å². The van der Waals surface area contributed by atoms with E-state index in [2.05, 4.69) is 30.7 Å². The maximum Gasteiger partial charge on any atom is 0.277 e. The van der Waals surface area contributed by atoms with E-state index in [4.69, 9.17) is 4.74 Å². The van der Waals surface area contributed by atoms with E-state index in [-0.39, 0.29) is 22.4 Å². The van der Waals surface area contributed by atoms with Gasteiger partial charge in [0.15, 0.2) is 28.7 Å². The first-order chi connectivity index (χ1) is 15.4. The summed E-state index contributed by atoms with van der Waals surface area (Å²) in [4.78, 5) is 25.6. The Kier molecular flexibility index (Phi) is 5.43. The highest BCUT2D eigenvalue weighted by molar-refractivity contribution is 5.93. The number of halogens is 1. The van der Waals surface area contributed by atoms with Gasteiger partial charge in [-0.25, -0.2) is 14.4 Å². The number of hydrogen-bond donors (Lipinski definition) is 3. The van der Waals surface area contributed by atoms with Crippen LogP contribution in [0.1, 0.15) is 18.3 Å². The van der Waals surface area contributed by atoms with Gasteiger partial charge in [0.1, 0.15) is 17.3 Å². The predicted molar refractivity (Wildman–Crippen MR) is 117 cm³/mol. The molecule has 4 rings (SSSR count). The molecule has 0 radical (unpaired) electrons. The Morgan fingerprint density at radius 2 is 2.06 bits per heavy atom. The van der Waals surface area contributed by atoms with Gasteiger partial charge in [-0.2, -0.15) is 5.26 Å². The lowest BCUT2D eigenvalue weighted by molar-refractivity contribution is 0.388. The van der Waals surface area contributed by atoms with Crippen LogP contribution in [-0.4, -0.2) is 31.8 Å². The number of aromatic amines is 1. The second-order valence-corrected chi connectivity index (χ2v) is 6.84. The molecule has 3 N–H and O–H groups in total. The van der Waals surface area contributed by atoms with E-state index in [0.717, 1.165) is 0 Å². The lowest BCUT2D eigenvalue weighted by Gasteiger charge is -2.13. The lowest BCUT2D eigenvalue weighted by atomic mass is 10.2. The van der Waals surface area contributed by atoms with Crippen molar-refractivity contribution in [3.8, 4) is 11.8 Å². The first-order valence-corrected chi connectivity index (χ1v) is 9.67. The van der Waals surface area contributed by atoms with Crippen LogP contribution in [0.2, 0.25) is 0 Å². The lowest BCUT2D eigenvalue weighted by Crippen LogP contribution is -2.12. The maximum atomic E-state index is 14.1. The van der Waals surface area contributed by atoms with E-state index in [0.29, 0.717) is 40.8 Å². The predicted octanol–water partition coefficient (Wildman–Crippen LogP) is 3.12. The van der Waals surface area contributed by atoms with Crippen LogP contribution in [0.3, 0.4) is 0 Å². The van der Waals surface area contributed by atoms with Crippen LogP contribution in [0.25, 0.3) is 11.0 Å². The van der Waals surface area contributed by atoms with Gasteiger partial charge in [-0.1, -0.05) is 13.0 Å². The Balaban J connectivity index is 1.81. The summed E-state index contributed by atoms with van der Waals surface area (Å²) in [5.74, 6) is 0.121. The number of ether oxygens (including phenoxy) is 1. The molecule has 0 aliphatic heterocycles. The number of benzene rings is 1. The number of anilines is 4. The standard InChI is InChI=1S/C21H19FN8O2/c1-4-12-15(9-23)26-17(10-24-12)27-16-8-14(18-20(28-16)29-30(2)21(18)31)25-13-7-5-6-11(22)19(13)32-3/h5-8,10H,4H2,1-3H3,(H3,25,26,27,28,29). The molecule has 3 heterocycles. The van der Waals surface area contributed by atoms with E-state index < -0.39 is 5.82 Å². The zero-order valence-corrected chi connectivity index (χ0v) is 17.5. The van der Waals surface area contributed by atoms with Crippen molar-refractivity contribution in [3.05, 3.63) is 58.0 Å². The molecule has 162 valence electrons. The Hall–Kier alpha value is -4.46. The molecule has 0 saturated carbocycles. The molecule has 32 heavy (non-hydrogen) atoms. The van der Waals surface area contributed by atoms with Crippen LogP contribution in [0.4, 0.5) is 27.4 Å². The highest BCUT2D eigenvalue weighted by Gasteiger charge is 2.17. The number of pyridine rings is 1. The van der Waals surface area contributed by atoms with Crippen molar-refractivity contribution in [2.75, 3.05) is 17.7 Å². The summed E-state index contributed by atoms with van der Waals surface area (Å²) in [5, 5.41) is 18.5. The first-order valence-electron chi connectivity index (χ1n) is 9.67. The number of methoxy groups -OCH3 is 1. The average Bonchev–Trinajstić information content (AvgIpc) is 3.07. The van der Waals surface area contributed by atoms with Gasteiger partial charge >= 0.3 is 0 Å². The largest absolute Gasteiger partial charge is 0.492 e. The normalized spacial score (nSPS) is 10.7. The molecule has 0 saturated heterocycles. The number of aryl methyl sites for hydroxylation is 2. The van der Waals surface area contributed by atoms with Gasteiger partial charge < -0.3 is 15.4 Å². The number of para-hydroxylation sites is 1. The number of nitrogens with one attached hydrogen (secondary N) is 3. The quantitative estimate of drug-likeness (QED) is 0.421. The SMILES string of the molecule is CCc1ncc(Nc2cc(Nc3cccc(F)c3OC)c3c(=O)n(C)[nH]c3n2)nc1C#N. The van der Waals surface area contributed by atoms with Crippen molar-refractivity contribution < 1.29 is 9.13 Å². The van der Waals surface area contributed by atoms with Crippen molar-refractivity contribution in [2.45, 2.75) is 13.3 Å². The fourth-order valence-electron chi connectivity index (χ4n) is 3.30. The summed E-state index contributed by atoms with van der Waals surface area (Å²) in [7, 11) is 2.93. The number of nitrogens with zero attached hydrogens (tertiary/aromatic N) is 5. The van der Waals surface area contributed by atoms with Crippen LogP contribution in [0.5, 0.6) is 5.75 Å². The fraction of sp³-hybridized carbons (Fsp3) is 0.190. The summed E-state index contributed by atoms with van der Waals surface area (Å²) < 4.78 is 20.6. The summed E-state index contributed by atoms with van der Waals surface area (Å²) >= 11 is 0. The first kappa shape index (κ1) is 20.8. The van der Waals surface area contributed by atoms with E-state index in [1.807, 2.05) is 13.0 Å². The Bertz CT molecular complexity index is 1420. The molecule has 0 aliphatic carbocycles. The van der Waals surface area contributed by atoms with E-state index in [1.165, 1.54) is 30.1 Å². The second-order valence-electron chi connectivity index (χ2n) is 6.84. The second kappa shape index (κ2) is 8.35. The topological polar surface area (TPSA) is 134 Å². The monoisotopic (exact) mass is 434 g/mol. The molecule has 0 aliphatic rings. The summed E-state index contributed by atoms with van der Waals surface area (Å²) in [6, 6.07) is 8.05. The number of fused-ring (bicyclic) bond motifs is 1. The molecule has 0 unspecified atom stereocenters. The van der Waals surface area contributed by atoms with E-state index >= 15 is 0 Å². The molecule has 11 heteroatoms. The van der Waals surface area contributed by atoms with Crippen molar-refractivity contribution >= 4 is 34.0 Å². The van der Waals surface area contributed by atoms with Crippen LogP contribution in [-0.2, 0) is 13.5 Å². The van der Waals surface area contributed by atoms with Crippen LogP contribution in [0.15, 0.2) is 35.3 Å². The maximum absolute atomic E-state index is 14.1. The van der Waals surface area contributed by atoms with Gasteiger partial charge in [-0.15, -0.1) is 0 Å². The minimum absolute atomic E-state index is 0.0130. The minimum atomic E-state index is -0.543. The zero-order chi connectivity index (χ0) is 22.8. The Morgan fingerprint density at radius 3 is 2.78 bits per heavy atom. The summed E-state index contributed by atoms with van der Waals surface area (Å²) in [6.07, 6.45) is 2.08. The van der Waals surface area contributed by atoms with Crippen LogP contribution >= 0.6 is 0 Å². The van der Waals surface area contributed by atoms with Gasteiger partial charge in [0.05, 0.1) is 30.4 Å². The minimum Gasteiger partial charge on any atom is -0.492 e. The molecule has 4 aromatic rings. The van der Waals surface area contributed by atoms with Crippen molar-refractivity contribution in [1.82, 2.24) is 24.7 Å². The van der Waals surface area contributed by atoms with Crippen LogP contribution < -0.4 is 20.9 Å². The zero-order valence-electron chi connectivity index (χ0n) is 17.5. The average molecular weight is 434 g/mol. The summed E-state index contributed by atoms with van der Waals surface area (Å²) in [6.45, 7) is 1.89. The molecular formula is C21H19FN8O2. The number of aromatic nitrogens is 5. The fourth-order valence-corrected chi connectivity index (χ4v) is 3.30. The molecule has 0 fully saturated rings. The molecule has 1 aromatic carbocycles. The molecule has 0 amide bonds. The molecular weight excluding hydrogens is 415 g/mol. The molecule has 0 atom stereocenters. The third-order valence-corrected chi connectivity index (χ3v) is 4.80. The Morgan fingerprint density at radius 1 is 1.25 bits per heavy atom. The highest BCUT2D eigenvalue weighted by atomic mass is 19.1. The van der Waals surface area contributed by atoms with Gasteiger partial charge in [-0.05, 0) is 18.6 Å². The van der Waals surface area contributed by atoms with Crippen molar-refractivity contribution in [2.24, 2.45) is 7.05 Å². The number of rotatable bonds is 6. The summed E-state index contributed by atoms with van der Waals surface area (Å²) in [5.41, 5.74) is 1.52. The van der Waals surface area contributed by atoms with Gasteiger partial charge in [0.2, 0.25) is 0 Å². The smallest absolute Gasteiger partial charge is 0.277 e. The third kappa shape index (κ3) is 3.69. The molecule has 0 spiro atoms. The van der Waals surface area contributed by atoms with Gasteiger partial charge in [0.25, 0.3) is 5.56 Å². The van der Waals surface area contributed by atoms with E-state index in [9.17, 15) is 14.4 Å². The van der Waals surface area contributed by atoms with Crippen molar-refractivity contribution in [3.63, 3.8) is 0 Å². The molecule has 0 bridgehead atoms. The molecule has 3 aromatic heterocycles. The highest BCUT2D eigenvalue weighted by Crippen LogP contribution is 2.33. The van der Waals surface area contributed by atoms with Gasteiger partial charge in [-0.3, -0.25) is 19.6 Å². The van der Waals surface area contributed by atoms with Crippen LogP contribution in [0, 0.1) is 17.1 Å². The van der Waals surface area contributed by atoms with Crippen molar-refractivity contribution in [1.29, 1.82) is 5.26 Å². The third-order valence-electron chi connectivity index (χ3n) is 4.80. The van der Waals surface area contributed by atoms with E-state index in [1.54, 1.807) is 19.2 Å². The number of H-pyrrole nitrogens is 1. The number of nitriles is 1.